The summed E-state index contributed by atoms with van der Waals surface area (Å²) >= 11 is 0. The molecule has 1 aromatic heterocycles. The van der Waals surface area contributed by atoms with Crippen LogP contribution in [0.1, 0.15) is 26.5 Å². The van der Waals surface area contributed by atoms with E-state index in [1.807, 2.05) is 24.8 Å². The van der Waals surface area contributed by atoms with E-state index in [0.717, 1.165) is 5.69 Å². The van der Waals surface area contributed by atoms with Crippen molar-refractivity contribution in [2.75, 3.05) is 25.0 Å². The summed E-state index contributed by atoms with van der Waals surface area (Å²) in [5, 5.41) is 16.8. The van der Waals surface area contributed by atoms with Gasteiger partial charge in [0.25, 0.3) is 0 Å². The van der Waals surface area contributed by atoms with Gasteiger partial charge >= 0.3 is 0 Å². The van der Waals surface area contributed by atoms with Gasteiger partial charge in [0.2, 0.25) is 5.91 Å². The topological polar surface area (TPSA) is 70.4 Å². The molecule has 0 aliphatic carbocycles. The Morgan fingerprint density at radius 2 is 2.21 bits per heavy atom. The highest BCUT2D eigenvalue weighted by atomic mass is 16.3. The SMILES string of the molecule is CCN(CC(=O)Nc1cc(C)nn1C)CC(C)(C)O. The number of carbonyl (C=O) groups excluding carboxylic acids is 1. The lowest BCUT2D eigenvalue weighted by Gasteiger charge is -2.27. The first-order chi connectivity index (χ1) is 8.71. The summed E-state index contributed by atoms with van der Waals surface area (Å²) in [6, 6.07) is 1.82. The molecular weight excluding hydrogens is 244 g/mol. The molecule has 6 heteroatoms. The largest absolute Gasteiger partial charge is 0.389 e. The first kappa shape index (κ1) is 15.7. The fraction of sp³-hybridized carbons (Fsp3) is 0.692. The van der Waals surface area contributed by atoms with Gasteiger partial charge in [-0.15, -0.1) is 0 Å². The van der Waals surface area contributed by atoms with E-state index in [0.29, 0.717) is 18.9 Å². The van der Waals surface area contributed by atoms with Crippen LogP contribution in [-0.4, -0.2) is 50.9 Å². The van der Waals surface area contributed by atoms with Crippen molar-refractivity contribution in [1.29, 1.82) is 0 Å². The molecule has 1 aromatic rings. The van der Waals surface area contributed by atoms with Crippen LogP contribution in [0.25, 0.3) is 0 Å². The number of hydrogen-bond acceptors (Lipinski definition) is 4. The predicted octanol–water partition coefficient (Wildman–Crippen LogP) is 0.760. The highest BCUT2D eigenvalue weighted by Crippen LogP contribution is 2.09. The van der Waals surface area contributed by atoms with Gasteiger partial charge in [0.05, 0.1) is 17.8 Å². The predicted molar refractivity (Wildman–Crippen MR) is 75.0 cm³/mol. The van der Waals surface area contributed by atoms with E-state index in [1.165, 1.54) is 0 Å². The molecule has 0 fully saturated rings. The number of aromatic nitrogens is 2. The minimum atomic E-state index is -0.806. The van der Waals surface area contributed by atoms with Crippen molar-refractivity contribution in [3.8, 4) is 0 Å². The number of nitrogens with zero attached hydrogens (tertiary/aromatic N) is 3. The Kier molecular flexibility index (Phi) is 5.08. The first-order valence-electron chi connectivity index (χ1n) is 6.46. The Hall–Kier alpha value is -1.40. The number of hydrogen-bond donors (Lipinski definition) is 2. The molecule has 0 aliphatic rings. The molecule has 6 nitrogen and oxygen atoms in total. The molecule has 0 bridgehead atoms. The zero-order valence-corrected chi connectivity index (χ0v) is 12.4. The summed E-state index contributed by atoms with van der Waals surface area (Å²) in [5.41, 5.74) is 0.0565. The van der Waals surface area contributed by atoms with Crippen LogP contribution in [-0.2, 0) is 11.8 Å². The number of amides is 1. The number of aliphatic hydroxyl groups is 1. The van der Waals surface area contributed by atoms with Crippen molar-refractivity contribution in [2.45, 2.75) is 33.3 Å². The average Bonchev–Trinajstić information content (AvgIpc) is 2.54. The molecule has 108 valence electrons. The molecule has 1 heterocycles. The summed E-state index contributed by atoms with van der Waals surface area (Å²) in [6.45, 7) is 8.74. The van der Waals surface area contributed by atoms with Gasteiger partial charge in [-0.3, -0.25) is 14.4 Å². The second-order valence-electron chi connectivity index (χ2n) is 5.46. The van der Waals surface area contributed by atoms with Crippen LogP contribution in [0.15, 0.2) is 6.07 Å². The second kappa shape index (κ2) is 6.16. The average molecular weight is 268 g/mol. The maximum Gasteiger partial charge on any atom is 0.239 e. The third-order valence-electron chi connectivity index (χ3n) is 2.69. The van der Waals surface area contributed by atoms with E-state index in [9.17, 15) is 9.90 Å². The molecule has 0 aliphatic heterocycles. The van der Waals surface area contributed by atoms with Gasteiger partial charge in [-0.05, 0) is 27.3 Å². The Bertz CT molecular complexity index is 434. The minimum Gasteiger partial charge on any atom is -0.389 e. The van der Waals surface area contributed by atoms with E-state index >= 15 is 0 Å². The molecule has 2 N–H and O–H groups in total. The van der Waals surface area contributed by atoms with E-state index < -0.39 is 5.60 Å². The maximum absolute atomic E-state index is 12.0. The fourth-order valence-electron chi connectivity index (χ4n) is 1.94. The van der Waals surface area contributed by atoms with Gasteiger partial charge in [0.1, 0.15) is 5.82 Å². The van der Waals surface area contributed by atoms with Gasteiger partial charge in [0, 0.05) is 19.7 Å². The number of anilines is 1. The molecular formula is C13H24N4O2. The zero-order valence-electron chi connectivity index (χ0n) is 12.4. The van der Waals surface area contributed by atoms with E-state index in [2.05, 4.69) is 10.4 Å². The molecule has 19 heavy (non-hydrogen) atoms. The van der Waals surface area contributed by atoms with E-state index in [1.54, 1.807) is 25.6 Å². The number of carbonyl (C=O) groups is 1. The normalized spacial score (nSPS) is 11.9. The lowest BCUT2D eigenvalue weighted by Crippen LogP contribution is -2.42. The van der Waals surface area contributed by atoms with Crippen LogP contribution in [0, 0.1) is 6.92 Å². The number of aryl methyl sites for hydroxylation is 2. The van der Waals surface area contributed by atoms with Crippen LogP contribution in [0.5, 0.6) is 0 Å². The van der Waals surface area contributed by atoms with Gasteiger partial charge in [-0.1, -0.05) is 6.92 Å². The quantitative estimate of drug-likeness (QED) is 0.799. The monoisotopic (exact) mass is 268 g/mol. The first-order valence-corrected chi connectivity index (χ1v) is 6.46. The molecule has 1 amide bonds. The third-order valence-corrected chi connectivity index (χ3v) is 2.69. The van der Waals surface area contributed by atoms with E-state index in [4.69, 9.17) is 0 Å². The van der Waals surface area contributed by atoms with Gasteiger partial charge in [-0.2, -0.15) is 5.10 Å². The van der Waals surface area contributed by atoms with Crippen LogP contribution >= 0.6 is 0 Å². The van der Waals surface area contributed by atoms with Crippen LogP contribution in [0.2, 0.25) is 0 Å². The Morgan fingerprint density at radius 1 is 1.58 bits per heavy atom. The van der Waals surface area contributed by atoms with Gasteiger partial charge in [0.15, 0.2) is 0 Å². The molecule has 0 atom stereocenters. The smallest absolute Gasteiger partial charge is 0.239 e. The minimum absolute atomic E-state index is 0.103. The summed E-state index contributed by atoms with van der Waals surface area (Å²) in [6.07, 6.45) is 0. The summed E-state index contributed by atoms with van der Waals surface area (Å²) in [4.78, 5) is 13.9. The maximum atomic E-state index is 12.0. The fourth-order valence-corrected chi connectivity index (χ4v) is 1.94. The number of nitrogens with one attached hydrogen (secondary N) is 1. The lowest BCUT2D eigenvalue weighted by atomic mass is 10.1. The molecule has 0 saturated heterocycles. The van der Waals surface area contributed by atoms with Crippen LogP contribution in [0.3, 0.4) is 0 Å². The second-order valence-corrected chi connectivity index (χ2v) is 5.46. The molecule has 0 aromatic carbocycles. The highest BCUT2D eigenvalue weighted by molar-refractivity contribution is 5.91. The lowest BCUT2D eigenvalue weighted by molar-refractivity contribution is -0.117. The standard InChI is InChI=1S/C13H24N4O2/c1-6-17(9-13(3,4)19)8-12(18)14-11-7-10(2)15-16(11)5/h7,19H,6,8-9H2,1-5H3,(H,14,18). The van der Waals surface area contributed by atoms with Gasteiger partial charge < -0.3 is 10.4 Å². The number of rotatable bonds is 6. The van der Waals surface area contributed by atoms with Crippen molar-refractivity contribution in [3.63, 3.8) is 0 Å². The Labute approximate surface area is 114 Å². The molecule has 0 spiro atoms. The summed E-state index contributed by atoms with van der Waals surface area (Å²) < 4.78 is 1.64. The Morgan fingerprint density at radius 3 is 2.63 bits per heavy atom. The molecule has 0 radical (unpaired) electrons. The third kappa shape index (κ3) is 5.40. The molecule has 0 saturated carbocycles. The molecule has 0 unspecified atom stereocenters. The summed E-state index contributed by atoms with van der Waals surface area (Å²) in [5.74, 6) is 0.580. The Balaban J connectivity index is 2.56. The van der Waals surface area contributed by atoms with Crippen molar-refractivity contribution >= 4 is 11.7 Å². The van der Waals surface area contributed by atoms with Crippen molar-refractivity contribution in [3.05, 3.63) is 11.8 Å². The summed E-state index contributed by atoms with van der Waals surface area (Å²) in [7, 11) is 1.79. The number of likely N-dealkylation sites (N-methyl/N-ethyl adjacent to an activating group) is 1. The van der Waals surface area contributed by atoms with Crippen molar-refractivity contribution < 1.29 is 9.90 Å². The van der Waals surface area contributed by atoms with Crippen molar-refractivity contribution in [2.24, 2.45) is 7.05 Å². The molecule has 1 rings (SSSR count). The van der Waals surface area contributed by atoms with Crippen LogP contribution < -0.4 is 5.32 Å². The highest BCUT2D eigenvalue weighted by Gasteiger charge is 2.19. The van der Waals surface area contributed by atoms with Crippen LogP contribution in [0.4, 0.5) is 5.82 Å². The zero-order chi connectivity index (χ0) is 14.6. The van der Waals surface area contributed by atoms with E-state index in [-0.39, 0.29) is 12.5 Å². The van der Waals surface area contributed by atoms with Crippen molar-refractivity contribution in [1.82, 2.24) is 14.7 Å². The van der Waals surface area contributed by atoms with Gasteiger partial charge in [-0.25, -0.2) is 0 Å².